The van der Waals surface area contributed by atoms with E-state index in [4.69, 9.17) is 11.6 Å². The van der Waals surface area contributed by atoms with E-state index in [1.807, 2.05) is 13.8 Å². The van der Waals surface area contributed by atoms with Gasteiger partial charge in [-0.25, -0.2) is 4.39 Å². The Hall–Kier alpha value is -2.87. The third-order valence-electron chi connectivity index (χ3n) is 5.57. The van der Waals surface area contributed by atoms with Crippen molar-refractivity contribution in [1.82, 2.24) is 14.4 Å². The Kier molecular flexibility index (Phi) is 6.64. The van der Waals surface area contributed by atoms with Crippen LogP contribution in [0.1, 0.15) is 51.4 Å². The van der Waals surface area contributed by atoms with Crippen molar-refractivity contribution in [3.8, 4) is 5.75 Å². The average Bonchev–Trinajstić information content (AvgIpc) is 2.71. The van der Waals surface area contributed by atoms with Gasteiger partial charge in [-0.2, -0.15) is 0 Å². The fourth-order valence-corrected chi connectivity index (χ4v) is 4.14. The fourth-order valence-electron chi connectivity index (χ4n) is 3.95. The summed E-state index contributed by atoms with van der Waals surface area (Å²) in [5, 5.41) is 10.6. The molecule has 2 amide bonds. The lowest BCUT2D eigenvalue weighted by Gasteiger charge is -2.32. The first kappa shape index (κ1) is 23.8. The molecule has 0 saturated heterocycles. The van der Waals surface area contributed by atoms with Crippen molar-refractivity contribution in [2.45, 2.75) is 40.3 Å². The molecule has 0 radical (unpaired) electrons. The fraction of sp³-hybridized carbons (Fsp3) is 0.435. The van der Waals surface area contributed by atoms with Gasteiger partial charge in [-0.1, -0.05) is 25.4 Å². The number of amides is 2. The van der Waals surface area contributed by atoms with E-state index in [9.17, 15) is 23.9 Å². The van der Waals surface area contributed by atoms with Gasteiger partial charge >= 0.3 is 0 Å². The highest BCUT2D eigenvalue weighted by Crippen LogP contribution is 2.30. The summed E-state index contributed by atoms with van der Waals surface area (Å²) in [7, 11) is 3.15. The second-order valence-electron chi connectivity index (χ2n) is 8.73. The number of aromatic nitrogens is 1. The summed E-state index contributed by atoms with van der Waals surface area (Å²) in [5.74, 6) is -2.11. The normalized spacial score (nSPS) is 13.5. The summed E-state index contributed by atoms with van der Waals surface area (Å²) in [4.78, 5) is 42.1. The smallest absolute Gasteiger partial charge is 0.294 e. The number of halogens is 2. The third-order valence-corrected chi connectivity index (χ3v) is 5.86. The number of carbonyl (C=O) groups excluding carboxylic acids is 2. The highest BCUT2D eigenvalue weighted by molar-refractivity contribution is 6.30. The van der Waals surface area contributed by atoms with E-state index in [0.29, 0.717) is 16.7 Å². The zero-order chi connectivity index (χ0) is 23.9. The maximum Gasteiger partial charge on any atom is 0.294 e. The highest BCUT2D eigenvalue weighted by atomic mass is 35.5. The van der Waals surface area contributed by atoms with Gasteiger partial charge in [-0.05, 0) is 42.5 Å². The quantitative estimate of drug-likeness (QED) is 0.738. The van der Waals surface area contributed by atoms with Crippen molar-refractivity contribution in [3.05, 3.63) is 61.3 Å². The number of hydrogen-bond donors (Lipinski definition) is 1. The molecule has 9 heteroatoms. The minimum Gasteiger partial charge on any atom is -0.502 e. The Morgan fingerprint density at radius 2 is 1.94 bits per heavy atom. The molecular formula is C23H27ClFN3O4. The number of carbonyl (C=O) groups is 2. The van der Waals surface area contributed by atoms with Gasteiger partial charge in [0.05, 0.1) is 10.6 Å². The zero-order valence-corrected chi connectivity index (χ0v) is 19.6. The predicted octanol–water partition coefficient (Wildman–Crippen LogP) is 3.21. The number of nitrogens with zero attached hydrogens (tertiary/aromatic N) is 3. The first-order valence-electron chi connectivity index (χ1n) is 10.4. The topological polar surface area (TPSA) is 82.8 Å². The Bertz CT molecular complexity index is 1160. The molecule has 7 nitrogen and oxygen atoms in total. The van der Waals surface area contributed by atoms with E-state index in [1.165, 1.54) is 26.5 Å². The summed E-state index contributed by atoms with van der Waals surface area (Å²) < 4.78 is 15.0. The first-order valence-corrected chi connectivity index (χ1v) is 10.8. The van der Waals surface area contributed by atoms with Gasteiger partial charge in [-0.3, -0.25) is 14.4 Å². The molecule has 1 N–H and O–H groups in total. The molecule has 0 unspecified atom stereocenters. The molecule has 0 aliphatic carbocycles. The maximum absolute atomic E-state index is 13.7. The molecule has 172 valence electrons. The predicted molar refractivity (Wildman–Crippen MR) is 120 cm³/mol. The molecule has 2 aromatic rings. The lowest BCUT2D eigenvalue weighted by atomic mass is 9.94. The van der Waals surface area contributed by atoms with Crippen molar-refractivity contribution in [2.75, 3.05) is 20.6 Å². The summed E-state index contributed by atoms with van der Waals surface area (Å²) in [5.41, 5.74) is 0.888. The third kappa shape index (κ3) is 4.24. The number of rotatable bonds is 5. The van der Waals surface area contributed by atoms with Crippen LogP contribution in [0.4, 0.5) is 4.39 Å². The molecule has 1 aromatic carbocycles. The molecule has 0 bridgehead atoms. The highest BCUT2D eigenvalue weighted by Gasteiger charge is 2.35. The van der Waals surface area contributed by atoms with E-state index < -0.39 is 28.9 Å². The SMILES string of the molecule is Cc1cc(F)c(Cl)cc1CN1CCc2c(c(O)c(=O)n(CC(C)C)c2C(=O)N(C)C)C1=O. The van der Waals surface area contributed by atoms with E-state index in [0.717, 1.165) is 0 Å². The number of aryl methyl sites for hydroxylation is 1. The van der Waals surface area contributed by atoms with Crippen LogP contribution in [0, 0.1) is 18.7 Å². The summed E-state index contributed by atoms with van der Waals surface area (Å²) in [6, 6.07) is 2.77. The van der Waals surface area contributed by atoms with Crippen LogP contribution in [-0.4, -0.2) is 51.9 Å². The van der Waals surface area contributed by atoms with E-state index >= 15 is 0 Å². The van der Waals surface area contributed by atoms with Gasteiger partial charge in [-0.15, -0.1) is 0 Å². The molecule has 3 rings (SSSR count). The molecule has 1 aliphatic rings. The molecule has 0 atom stereocenters. The molecule has 1 aromatic heterocycles. The molecule has 32 heavy (non-hydrogen) atoms. The molecule has 0 spiro atoms. The molecule has 1 aliphatic heterocycles. The zero-order valence-electron chi connectivity index (χ0n) is 18.8. The van der Waals surface area contributed by atoms with Crippen LogP contribution in [0.3, 0.4) is 0 Å². The van der Waals surface area contributed by atoms with Crippen LogP contribution in [0.2, 0.25) is 5.02 Å². The number of aromatic hydroxyl groups is 1. The van der Waals surface area contributed by atoms with Gasteiger partial charge in [0, 0.05) is 39.3 Å². The Balaban J connectivity index is 2.12. The van der Waals surface area contributed by atoms with Crippen molar-refractivity contribution >= 4 is 23.4 Å². The molecular weight excluding hydrogens is 437 g/mol. The van der Waals surface area contributed by atoms with Crippen LogP contribution in [0.15, 0.2) is 16.9 Å². The molecule has 2 heterocycles. The van der Waals surface area contributed by atoms with Crippen molar-refractivity contribution in [1.29, 1.82) is 0 Å². The van der Waals surface area contributed by atoms with Crippen molar-refractivity contribution in [3.63, 3.8) is 0 Å². The maximum atomic E-state index is 13.7. The van der Waals surface area contributed by atoms with Crippen LogP contribution in [0.5, 0.6) is 5.75 Å². The Morgan fingerprint density at radius 3 is 2.53 bits per heavy atom. The average molecular weight is 464 g/mol. The minimum absolute atomic E-state index is 0.0425. The van der Waals surface area contributed by atoms with E-state index in [-0.39, 0.29) is 48.3 Å². The lowest BCUT2D eigenvalue weighted by Crippen LogP contribution is -2.43. The summed E-state index contributed by atoms with van der Waals surface area (Å²) in [6.45, 7) is 6.15. The van der Waals surface area contributed by atoms with E-state index in [2.05, 4.69) is 0 Å². The largest absolute Gasteiger partial charge is 0.502 e. The van der Waals surface area contributed by atoms with Crippen molar-refractivity contribution in [2.24, 2.45) is 5.92 Å². The van der Waals surface area contributed by atoms with Crippen molar-refractivity contribution < 1.29 is 19.1 Å². The Labute approximate surface area is 191 Å². The van der Waals surface area contributed by atoms with Gasteiger partial charge in [0.2, 0.25) is 0 Å². The first-order chi connectivity index (χ1) is 14.9. The second-order valence-corrected chi connectivity index (χ2v) is 9.14. The van der Waals surface area contributed by atoms with Crippen LogP contribution in [0.25, 0.3) is 0 Å². The second kappa shape index (κ2) is 8.94. The van der Waals surface area contributed by atoms with Crippen LogP contribution < -0.4 is 5.56 Å². The molecule has 0 fully saturated rings. The van der Waals surface area contributed by atoms with Gasteiger partial charge in [0.15, 0.2) is 5.75 Å². The number of benzene rings is 1. The van der Waals surface area contributed by atoms with Gasteiger partial charge in [0.1, 0.15) is 11.5 Å². The minimum atomic E-state index is -0.765. The lowest BCUT2D eigenvalue weighted by molar-refractivity contribution is 0.0719. The number of pyridine rings is 1. The van der Waals surface area contributed by atoms with Gasteiger partial charge in [0.25, 0.3) is 17.4 Å². The number of fused-ring (bicyclic) bond motifs is 1. The summed E-state index contributed by atoms with van der Waals surface area (Å²) >= 11 is 5.91. The summed E-state index contributed by atoms with van der Waals surface area (Å²) in [6.07, 6.45) is 0.288. The number of hydrogen-bond acceptors (Lipinski definition) is 4. The Morgan fingerprint density at radius 1 is 1.28 bits per heavy atom. The molecule has 0 saturated carbocycles. The van der Waals surface area contributed by atoms with Gasteiger partial charge < -0.3 is 19.5 Å². The monoisotopic (exact) mass is 463 g/mol. The van der Waals surface area contributed by atoms with Crippen LogP contribution >= 0.6 is 11.6 Å². The standard InChI is InChI=1S/C23H27ClFN3O4/c1-12(2)10-28-19(22(31)26(4)5)15-6-7-27(21(30)18(15)20(29)23(28)32)11-14-9-16(24)17(25)8-13(14)3/h8-9,12,29H,6-7,10-11H2,1-5H3. The van der Waals surface area contributed by atoms with E-state index in [1.54, 1.807) is 21.0 Å². The van der Waals surface area contributed by atoms with Crippen LogP contribution in [-0.2, 0) is 19.5 Å².